The molecular weight excluding hydrogens is 202 g/mol. The maximum absolute atomic E-state index is 10.00. The maximum atomic E-state index is 10.00. The van der Waals surface area contributed by atoms with Gasteiger partial charge in [-0.2, -0.15) is 0 Å². The van der Waals surface area contributed by atoms with Crippen molar-refractivity contribution in [3.63, 3.8) is 0 Å². The Balaban J connectivity index is 2.33. The Bertz CT molecular complexity index is 489. The lowest BCUT2D eigenvalue weighted by Gasteiger charge is -2.27. The average molecular weight is 213 g/mol. The Morgan fingerprint density at radius 3 is 2.44 bits per heavy atom. The van der Waals surface area contributed by atoms with E-state index in [0.29, 0.717) is 5.56 Å². The molecule has 3 heteroatoms. The van der Waals surface area contributed by atoms with Crippen molar-refractivity contribution < 1.29 is 10.2 Å². The molecule has 1 aliphatic carbocycles. The van der Waals surface area contributed by atoms with Gasteiger partial charge in [0.2, 0.25) is 0 Å². The van der Waals surface area contributed by atoms with Crippen LogP contribution in [0.15, 0.2) is 42.6 Å². The number of hydrogen-bond acceptors (Lipinski definition) is 3. The number of nitrogens with zero attached hydrogens (tertiary/aromatic N) is 1. The van der Waals surface area contributed by atoms with E-state index in [0.717, 1.165) is 16.8 Å². The van der Waals surface area contributed by atoms with Gasteiger partial charge in [0, 0.05) is 17.3 Å². The van der Waals surface area contributed by atoms with Crippen molar-refractivity contribution in [3.8, 4) is 11.3 Å². The van der Waals surface area contributed by atoms with E-state index < -0.39 is 12.2 Å². The number of aliphatic hydroxyl groups excluding tert-OH is 2. The normalized spacial score (nSPS) is 22.4. The van der Waals surface area contributed by atoms with Crippen molar-refractivity contribution in [2.24, 2.45) is 0 Å². The molecule has 1 aliphatic rings. The number of benzene rings is 1. The van der Waals surface area contributed by atoms with Crippen LogP contribution in [0.5, 0.6) is 0 Å². The smallest absolute Gasteiger partial charge is 0.111 e. The average Bonchev–Trinajstić information content (AvgIpc) is 2.36. The topological polar surface area (TPSA) is 53.4 Å². The molecule has 0 fully saturated rings. The van der Waals surface area contributed by atoms with Crippen molar-refractivity contribution in [2.45, 2.75) is 12.2 Å². The Labute approximate surface area is 93.0 Å². The summed E-state index contributed by atoms with van der Waals surface area (Å²) in [6.07, 6.45) is -0.0634. The summed E-state index contributed by atoms with van der Waals surface area (Å²) < 4.78 is 0. The highest BCUT2D eigenvalue weighted by atomic mass is 16.3. The Hall–Kier alpha value is -1.71. The monoisotopic (exact) mass is 213 g/mol. The lowest BCUT2D eigenvalue weighted by atomic mass is 9.85. The molecule has 1 heterocycles. The first-order valence-electron chi connectivity index (χ1n) is 5.19. The zero-order chi connectivity index (χ0) is 11.1. The standard InChI is InChI=1S/C13H11NO2/c15-12-9-5-2-1-4-8(9)11-10(13(12)16)6-3-7-14-11/h1-7,12-13,15-16H. The number of pyridine rings is 1. The van der Waals surface area contributed by atoms with Crippen LogP contribution in [0.1, 0.15) is 23.3 Å². The minimum Gasteiger partial charge on any atom is -0.385 e. The van der Waals surface area contributed by atoms with Gasteiger partial charge in [-0.1, -0.05) is 30.3 Å². The largest absolute Gasteiger partial charge is 0.385 e. The predicted octanol–water partition coefficient (Wildman–Crippen LogP) is 1.83. The molecule has 16 heavy (non-hydrogen) atoms. The van der Waals surface area contributed by atoms with Gasteiger partial charge in [-0.05, 0) is 11.6 Å². The molecule has 0 spiro atoms. The summed E-state index contributed by atoms with van der Waals surface area (Å²) in [6.45, 7) is 0. The van der Waals surface area contributed by atoms with Crippen LogP contribution >= 0.6 is 0 Å². The number of hydrogen-bond donors (Lipinski definition) is 2. The van der Waals surface area contributed by atoms with Crippen LogP contribution in [0.4, 0.5) is 0 Å². The molecule has 0 bridgehead atoms. The molecule has 0 amide bonds. The van der Waals surface area contributed by atoms with Gasteiger partial charge in [0.05, 0.1) is 5.69 Å². The second-order valence-electron chi connectivity index (χ2n) is 3.92. The molecule has 0 saturated carbocycles. The quantitative estimate of drug-likeness (QED) is 0.702. The molecule has 2 unspecified atom stereocenters. The lowest BCUT2D eigenvalue weighted by Crippen LogP contribution is -2.17. The van der Waals surface area contributed by atoms with Gasteiger partial charge >= 0.3 is 0 Å². The van der Waals surface area contributed by atoms with Gasteiger partial charge in [0.25, 0.3) is 0 Å². The summed E-state index contributed by atoms with van der Waals surface area (Å²) in [6, 6.07) is 11.1. The molecule has 2 atom stereocenters. The Kier molecular flexibility index (Phi) is 2.02. The van der Waals surface area contributed by atoms with Crippen LogP contribution in [0.25, 0.3) is 11.3 Å². The summed E-state index contributed by atoms with van der Waals surface area (Å²) in [5.74, 6) is 0. The zero-order valence-electron chi connectivity index (χ0n) is 8.54. The van der Waals surface area contributed by atoms with E-state index in [-0.39, 0.29) is 0 Å². The maximum Gasteiger partial charge on any atom is 0.111 e. The molecular formula is C13H11NO2. The predicted molar refractivity (Wildman–Crippen MR) is 59.6 cm³/mol. The first kappa shape index (κ1) is 9.51. The molecule has 1 aromatic carbocycles. The zero-order valence-corrected chi connectivity index (χ0v) is 8.54. The van der Waals surface area contributed by atoms with Gasteiger partial charge in [0.1, 0.15) is 12.2 Å². The number of fused-ring (bicyclic) bond motifs is 3. The van der Waals surface area contributed by atoms with E-state index in [1.54, 1.807) is 18.3 Å². The van der Waals surface area contributed by atoms with Crippen LogP contribution in [-0.4, -0.2) is 15.2 Å². The fourth-order valence-corrected chi connectivity index (χ4v) is 2.19. The van der Waals surface area contributed by atoms with E-state index >= 15 is 0 Å². The molecule has 0 aliphatic heterocycles. The Morgan fingerprint density at radius 1 is 0.875 bits per heavy atom. The SMILES string of the molecule is OC1c2ccccc2-c2ncccc2C1O. The molecule has 3 nitrogen and oxygen atoms in total. The number of aliphatic hydroxyl groups is 2. The summed E-state index contributed by atoms with van der Waals surface area (Å²) in [5.41, 5.74) is 3.08. The fourth-order valence-electron chi connectivity index (χ4n) is 2.19. The summed E-state index contributed by atoms with van der Waals surface area (Å²) in [7, 11) is 0. The van der Waals surface area contributed by atoms with E-state index in [4.69, 9.17) is 0 Å². The van der Waals surface area contributed by atoms with Crippen LogP contribution in [0.2, 0.25) is 0 Å². The van der Waals surface area contributed by atoms with Crippen molar-refractivity contribution >= 4 is 0 Å². The summed E-state index contributed by atoms with van der Waals surface area (Å²) in [5, 5.41) is 20.0. The Morgan fingerprint density at radius 2 is 1.56 bits per heavy atom. The van der Waals surface area contributed by atoms with Crippen LogP contribution in [0.3, 0.4) is 0 Å². The van der Waals surface area contributed by atoms with Crippen LogP contribution < -0.4 is 0 Å². The first-order valence-corrected chi connectivity index (χ1v) is 5.19. The van der Waals surface area contributed by atoms with Gasteiger partial charge < -0.3 is 10.2 Å². The molecule has 0 saturated heterocycles. The van der Waals surface area contributed by atoms with Crippen molar-refractivity contribution in [1.82, 2.24) is 4.98 Å². The third-order valence-corrected chi connectivity index (χ3v) is 2.99. The van der Waals surface area contributed by atoms with Crippen LogP contribution in [0, 0.1) is 0 Å². The van der Waals surface area contributed by atoms with E-state index in [2.05, 4.69) is 4.98 Å². The van der Waals surface area contributed by atoms with Crippen molar-refractivity contribution in [3.05, 3.63) is 53.7 Å². The van der Waals surface area contributed by atoms with E-state index in [9.17, 15) is 10.2 Å². The van der Waals surface area contributed by atoms with Gasteiger partial charge in [-0.3, -0.25) is 4.98 Å². The molecule has 80 valence electrons. The second kappa shape index (κ2) is 3.40. The van der Waals surface area contributed by atoms with Crippen molar-refractivity contribution in [1.29, 1.82) is 0 Å². The number of rotatable bonds is 0. The van der Waals surface area contributed by atoms with Crippen LogP contribution in [-0.2, 0) is 0 Å². The highest BCUT2D eigenvalue weighted by molar-refractivity contribution is 5.70. The lowest BCUT2D eigenvalue weighted by molar-refractivity contribution is 0.0155. The van der Waals surface area contributed by atoms with Gasteiger partial charge in [-0.15, -0.1) is 0 Å². The molecule has 1 aromatic heterocycles. The highest BCUT2D eigenvalue weighted by Gasteiger charge is 2.31. The minimum atomic E-state index is -0.890. The van der Waals surface area contributed by atoms with Gasteiger partial charge in [0.15, 0.2) is 0 Å². The summed E-state index contributed by atoms with van der Waals surface area (Å²) >= 11 is 0. The minimum absolute atomic E-state index is 0.689. The molecule has 3 rings (SSSR count). The molecule has 2 N–H and O–H groups in total. The third-order valence-electron chi connectivity index (χ3n) is 2.99. The van der Waals surface area contributed by atoms with E-state index in [1.165, 1.54) is 0 Å². The third kappa shape index (κ3) is 1.19. The first-order chi connectivity index (χ1) is 7.79. The van der Waals surface area contributed by atoms with E-state index in [1.807, 2.05) is 24.3 Å². The fraction of sp³-hybridized carbons (Fsp3) is 0.154. The highest BCUT2D eigenvalue weighted by Crippen LogP contribution is 2.42. The number of aromatic nitrogens is 1. The molecule has 2 aromatic rings. The summed E-state index contributed by atoms with van der Waals surface area (Å²) in [4.78, 5) is 4.27. The second-order valence-corrected chi connectivity index (χ2v) is 3.92. The van der Waals surface area contributed by atoms with Gasteiger partial charge in [-0.25, -0.2) is 0 Å². The molecule has 0 radical (unpaired) electrons. The van der Waals surface area contributed by atoms with Crippen molar-refractivity contribution in [2.75, 3.05) is 0 Å².